The average molecular weight is 577 g/mol. The number of benzene rings is 2. The lowest BCUT2D eigenvalue weighted by atomic mass is 9.48. The topological polar surface area (TPSA) is 46.4 Å². The third kappa shape index (κ3) is 4.47. The van der Waals surface area contributed by atoms with Crippen LogP contribution in [0.25, 0.3) is 11.8 Å². The number of aryl methyl sites for hydroxylation is 1. The van der Waals surface area contributed by atoms with Crippen LogP contribution in [0.2, 0.25) is 10.0 Å². The lowest BCUT2D eigenvalue weighted by Crippen LogP contribution is -2.48. The molecule has 200 valence electrons. The number of aliphatic imine (C=N–C) groups is 1. The number of amidine groups is 1. The monoisotopic (exact) mass is 575 g/mol. The van der Waals surface area contributed by atoms with Gasteiger partial charge in [0.25, 0.3) is 5.91 Å². The first-order valence-corrected chi connectivity index (χ1v) is 15.4. The maximum atomic E-state index is 12.8. The van der Waals surface area contributed by atoms with Crippen molar-refractivity contribution < 1.29 is 4.79 Å². The third-order valence-corrected chi connectivity index (χ3v) is 11.1. The lowest BCUT2D eigenvalue weighted by Gasteiger charge is -2.57. The van der Waals surface area contributed by atoms with Gasteiger partial charge in [0.1, 0.15) is 0 Å². The Kier molecular flexibility index (Phi) is 6.26. The highest BCUT2D eigenvalue weighted by Crippen LogP contribution is 2.60. The average Bonchev–Trinajstić information content (AvgIpc) is 3.38. The van der Waals surface area contributed by atoms with Crippen molar-refractivity contribution in [1.29, 1.82) is 0 Å². The van der Waals surface area contributed by atoms with Crippen LogP contribution < -0.4 is 5.32 Å². The van der Waals surface area contributed by atoms with Gasteiger partial charge in [-0.25, -0.2) is 4.99 Å². The molecule has 1 aliphatic heterocycles. The highest BCUT2D eigenvalue weighted by atomic mass is 35.5. The number of nitrogens with one attached hydrogen (secondary N) is 1. The molecule has 8 rings (SSSR count). The minimum absolute atomic E-state index is 0.165. The second-order valence-corrected chi connectivity index (χ2v) is 13.8. The van der Waals surface area contributed by atoms with E-state index in [2.05, 4.69) is 59.1 Å². The minimum atomic E-state index is -0.165. The number of carbonyl (C=O) groups excluding carboxylic acids is 1. The van der Waals surface area contributed by atoms with Crippen molar-refractivity contribution in [1.82, 2.24) is 9.88 Å². The number of nitrogens with zero attached hydrogens (tertiary/aromatic N) is 2. The fraction of sp³-hybridized carbons (Fsp3) is 0.375. The predicted octanol–water partition coefficient (Wildman–Crippen LogP) is 8.76. The van der Waals surface area contributed by atoms with Gasteiger partial charge in [0.05, 0.1) is 20.6 Å². The van der Waals surface area contributed by atoms with E-state index in [4.69, 9.17) is 23.2 Å². The van der Waals surface area contributed by atoms with Gasteiger partial charge in [0, 0.05) is 17.1 Å². The molecule has 2 aromatic carbocycles. The van der Waals surface area contributed by atoms with E-state index in [-0.39, 0.29) is 5.91 Å². The predicted molar refractivity (Wildman–Crippen MR) is 162 cm³/mol. The van der Waals surface area contributed by atoms with Gasteiger partial charge in [-0.15, -0.1) is 0 Å². The van der Waals surface area contributed by atoms with Gasteiger partial charge in [-0.1, -0.05) is 41.4 Å². The summed E-state index contributed by atoms with van der Waals surface area (Å²) in [4.78, 5) is 17.9. The fourth-order valence-corrected chi connectivity index (χ4v) is 9.23. The summed E-state index contributed by atoms with van der Waals surface area (Å²) in [7, 11) is 0. The summed E-state index contributed by atoms with van der Waals surface area (Å²) < 4.78 is 2.29. The normalized spacial score (nSPS) is 29.5. The van der Waals surface area contributed by atoms with Crippen molar-refractivity contribution in [3.63, 3.8) is 0 Å². The minimum Gasteiger partial charge on any atom is -0.318 e. The van der Waals surface area contributed by atoms with Crippen molar-refractivity contribution >= 4 is 57.8 Å². The first kappa shape index (κ1) is 25.5. The molecule has 0 atom stereocenters. The van der Waals surface area contributed by atoms with Crippen molar-refractivity contribution in [3.05, 3.63) is 86.0 Å². The number of carbonyl (C=O) groups is 1. The van der Waals surface area contributed by atoms with E-state index >= 15 is 0 Å². The molecule has 1 aromatic heterocycles. The van der Waals surface area contributed by atoms with Gasteiger partial charge in [-0.3, -0.25) is 4.79 Å². The molecular formula is C32H31Cl2N3OS. The van der Waals surface area contributed by atoms with E-state index < -0.39 is 0 Å². The molecule has 5 fully saturated rings. The molecule has 7 heteroatoms. The van der Waals surface area contributed by atoms with E-state index in [0.717, 1.165) is 34.7 Å². The zero-order valence-corrected chi connectivity index (χ0v) is 24.5. The van der Waals surface area contributed by atoms with Crippen LogP contribution in [0.5, 0.6) is 0 Å². The smallest absolute Gasteiger partial charge is 0.264 e. The summed E-state index contributed by atoms with van der Waals surface area (Å²) >= 11 is 13.7. The number of aromatic nitrogens is 1. The number of hydrogen-bond acceptors (Lipinski definition) is 3. The zero-order chi connectivity index (χ0) is 26.9. The number of amides is 1. The van der Waals surface area contributed by atoms with Gasteiger partial charge >= 0.3 is 0 Å². The van der Waals surface area contributed by atoms with Crippen molar-refractivity contribution in [3.8, 4) is 5.69 Å². The molecule has 2 heterocycles. The molecule has 4 aliphatic carbocycles. The second kappa shape index (κ2) is 9.57. The van der Waals surface area contributed by atoms with Crippen molar-refractivity contribution in [2.75, 3.05) is 0 Å². The Hall–Kier alpha value is -2.47. The maximum Gasteiger partial charge on any atom is 0.264 e. The lowest BCUT2D eigenvalue weighted by molar-refractivity contribution is -0.115. The molecule has 4 nitrogen and oxygen atoms in total. The van der Waals surface area contributed by atoms with Crippen molar-refractivity contribution in [2.45, 2.75) is 57.8 Å². The SMILES string of the molecule is Cc1cc(/C=C2\SC(=Nc3cccc(Cl)c3Cl)NC2=O)c(C)n1-c1ccc(C23CC4CC(CC(C4)C2)C3)cc1. The molecule has 3 aromatic rings. The van der Waals surface area contributed by atoms with E-state index in [0.29, 0.717) is 31.2 Å². The number of halogens is 2. The van der Waals surface area contributed by atoms with Crippen LogP contribution in [0.15, 0.2) is 58.4 Å². The number of rotatable bonds is 4. The van der Waals surface area contributed by atoms with Crippen LogP contribution >= 0.6 is 35.0 Å². The molecule has 1 N–H and O–H groups in total. The molecule has 1 saturated heterocycles. The largest absolute Gasteiger partial charge is 0.318 e. The van der Waals surface area contributed by atoms with Crippen molar-refractivity contribution in [2.24, 2.45) is 22.7 Å². The first-order chi connectivity index (χ1) is 18.8. The van der Waals surface area contributed by atoms with Gasteiger partial charge in [0.15, 0.2) is 5.17 Å². The maximum absolute atomic E-state index is 12.8. The highest BCUT2D eigenvalue weighted by Gasteiger charge is 2.51. The Bertz CT molecular complexity index is 1520. The van der Waals surface area contributed by atoms with E-state index in [1.807, 2.05) is 6.08 Å². The Morgan fingerprint density at radius 3 is 2.33 bits per heavy atom. The molecule has 0 radical (unpaired) electrons. The first-order valence-electron chi connectivity index (χ1n) is 13.8. The second-order valence-electron chi connectivity index (χ2n) is 12.0. The molecular weight excluding hydrogens is 545 g/mol. The summed E-state index contributed by atoms with van der Waals surface area (Å²) in [5, 5.41) is 4.14. The summed E-state index contributed by atoms with van der Waals surface area (Å²) in [5.41, 5.74) is 6.93. The Morgan fingerprint density at radius 2 is 1.67 bits per heavy atom. The van der Waals surface area contributed by atoms with Gasteiger partial charge < -0.3 is 9.88 Å². The van der Waals surface area contributed by atoms with Gasteiger partial charge in [0.2, 0.25) is 0 Å². The molecule has 4 bridgehead atoms. The van der Waals surface area contributed by atoms with Crippen LogP contribution in [0.1, 0.15) is 61.0 Å². The van der Waals surface area contributed by atoms with E-state index in [1.54, 1.807) is 23.8 Å². The fourth-order valence-electron chi connectivity index (χ4n) is 8.07. The van der Waals surface area contributed by atoms with Crippen LogP contribution in [-0.4, -0.2) is 15.6 Å². The van der Waals surface area contributed by atoms with Crippen LogP contribution in [-0.2, 0) is 10.2 Å². The summed E-state index contributed by atoms with van der Waals surface area (Å²) in [6.07, 6.45) is 10.5. The molecule has 5 aliphatic rings. The van der Waals surface area contributed by atoms with E-state index in [9.17, 15) is 4.79 Å². The summed E-state index contributed by atoms with van der Waals surface area (Å²) in [6.45, 7) is 4.24. The molecule has 0 spiro atoms. The standard InChI is InChI=1S/C32H31Cl2N3OS/c1-18-10-23(14-28-30(38)36-31(39-28)35-27-5-3-4-26(33)29(27)34)19(2)37(18)25-8-6-24(7-9-25)32-15-20-11-21(16-32)13-22(12-20)17-32/h3-10,14,20-22H,11-13,15-17H2,1-2H3,(H,35,36,38)/b28-14-. The van der Waals surface area contributed by atoms with Crippen LogP contribution in [0, 0.1) is 31.6 Å². The quantitative estimate of drug-likeness (QED) is 0.316. The molecule has 0 unspecified atom stereocenters. The Balaban J connectivity index is 1.14. The van der Waals surface area contributed by atoms with E-state index in [1.165, 1.54) is 56.0 Å². The summed E-state index contributed by atoms with van der Waals surface area (Å²) in [5.74, 6) is 2.67. The van der Waals surface area contributed by atoms with Crippen LogP contribution in [0.4, 0.5) is 5.69 Å². The molecule has 4 saturated carbocycles. The molecule has 39 heavy (non-hydrogen) atoms. The highest BCUT2D eigenvalue weighted by molar-refractivity contribution is 8.18. The molecule has 1 amide bonds. The van der Waals surface area contributed by atoms with Gasteiger partial charge in [-0.2, -0.15) is 0 Å². The summed E-state index contributed by atoms with van der Waals surface area (Å²) in [6, 6.07) is 16.8. The third-order valence-electron chi connectivity index (χ3n) is 9.34. The number of hydrogen-bond donors (Lipinski definition) is 1. The zero-order valence-electron chi connectivity index (χ0n) is 22.1. The Labute approximate surface area is 243 Å². The van der Waals surface area contributed by atoms with Crippen LogP contribution in [0.3, 0.4) is 0 Å². The van der Waals surface area contributed by atoms with Gasteiger partial charge in [-0.05, 0) is 135 Å². The Morgan fingerprint density at radius 1 is 1.00 bits per heavy atom. The number of thioether (sulfide) groups is 1.